The van der Waals surface area contributed by atoms with Gasteiger partial charge in [-0.2, -0.15) is 8.78 Å². The number of carbonyl (C=O) groups is 1. The lowest BCUT2D eigenvalue weighted by Crippen LogP contribution is -2.25. The monoisotopic (exact) mass is 360 g/mol. The molecule has 0 aromatic heterocycles. The molecule has 0 unspecified atom stereocenters. The van der Waals surface area contributed by atoms with Gasteiger partial charge in [0.25, 0.3) is 6.08 Å². The minimum atomic E-state index is -1.96. The number of hydrogen-bond acceptors (Lipinski definition) is 2. The van der Waals surface area contributed by atoms with Gasteiger partial charge >= 0.3 is 5.97 Å². The summed E-state index contributed by atoms with van der Waals surface area (Å²) in [5.74, 6) is -0.367. The molecule has 0 heterocycles. The second kappa shape index (κ2) is 7.77. The molecule has 0 aliphatic heterocycles. The molecule has 136 valence electrons. The first-order valence-corrected chi connectivity index (χ1v) is 8.57. The van der Waals surface area contributed by atoms with Crippen LogP contribution in [0.2, 0.25) is 0 Å². The molecule has 2 aromatic rings. The third-order valence-electron chi connectivity index (χ3n) is 4.88. The van der Waals surface area contributed by atoms with Gasteiger partial charge in [-0.05, 0) is 55.2 Å². The fraction of sp³-hybridized carbons (Fsp3) is 0.286. The molecule has 26 heavy (non-hydrogen) atoms. The zero-order valence-corrected chi connectivity index (χ0v) is 14.2. The van der Waals surface area contributed by atoms with E-state index in [1.165, 1.54) is 24.3 Å². The molecule has 1 aliphatic carbocycles. The Balaban J connectivity index is 1.76. The van der Waals surface area contributed by atoms with Crippen LogP contribution in [0.3, 0.4) is 0 Å². The summed E-state index contributed by atoms with van der Waals surface area (Å²) in [6.07, 6.45) is 3.84. The fourth-order valence-corrected chi connectivity index (χ4v) is 3.37. The molecule has 5 heteroatoms. The van der Waals surface area contributed by atoms with Crippen LogP contribution < -0.4 is 4.74 Å². The van der Waals surface area contributed by atoms with E-state index in [1.807, 2.05) is 6.08 Å². The molecule has 0 radical (unpaired) electrons. The van der Waals surface area contributed by atoms with Crippen LogP contribution in [0.1, 0.15) is 31.2 Å². The Kier molecular flexibility index (Phi) is 5.45. The van der Waals surface area contributed by atoms with E-state index >= 15 is 0 Å². The van der Waals surface area contributed by atoms with Crippen molar-refractivity contribution < 1.29 is 22.7 Å². The Morgan fingerprint density at radius 2 is 1.85 bits per heavy atom. The highest BCUT2D eigenvalue weighted by Gasteiger charge is 2.26. The molecule has 1 fully saturated rings. The van der Waals surface area contributed by atoms with Gasteiger partial charge in [0.05, 0.1) is 5.92 Å². The van der Waals surface area contributed by atoms with Crippen molar-refractivity contribution in [2.45, 2.75) is 25.7 Å². The van der Waals surface area contributed by atoms with Crippen LogP contribution in [0.5, 0.6) is 5.75 Å². The second-order valence-corrected chi connectivity index (χ2v) is 6.55. The van der Waals surface area contributed by atoms with Gasteiger partial charge in [-0.25, -0.2) is 4.39 Å². The second-order valence-electron chi connectivity index (χ2n) is 6.55. The molecule has 2 aromatic carbocycles. The standard InChI is InChI=1S/C21H19F3O2/c1-2-13-3-5-14(6-4-13)21(25)26-17-9-10-18-15(11-17)7-8-16(20(18)24)12-19(22)23/h2,7-14H,1,3-6H2. The molecule has 0 N–H and O–H groups in total. The van der Waals surface area contributed by atoms with Crippen molar-refractivity contribution in [3.63, 3.8) is 0 Å². The fourth-order valence-electron chi connectivity index (χ4n) is 3.37. The maximum Gasteiger partial charge on any atom is 0.314 e. The number of benzene rings is 2. The minimum Gasteiger partial charge on any atom is -0.426 e. The number of rotatable bonds is 4. The highest BCUT2D eigenvalue weighted by atomic mass is 19.3. The predicted molar refractivity (Wildman–Crippen MR) is 95.4 cm³/mol. The number of hydrogen-bond donors (Lipinski definition) is 0. The van der Waals surface area contributed by atoms with Gasteiger partial charge in [0.15, 0.2) is 0 Å². The van der Waals surface area contributed by atoms with Crippen molar-refractivity contribution in [2.24, 2.45) is 11.8 Å². The lowest BCUT2D eigenvalue weighted by atomic mass is 9.82. The van der Waals surface area contributed by atoms with Gasteiger partial charge in [0, 0.05) is 17.0 Å². The van der Waals surface area contributed by atoms with E-state index in [0.717, 1.165) is 25.7 Å². The van der Waals surface area contributed by atoms with Gasteiger partial charge in [-0.1, -0.05) is 18.2 Å². The molecule has 0 saturated heterocycles. The van der Waals surface area contributed by atoms with Gasteiger partial charge < -0.3 is 4.74 Å². The molecule has 0 spiro atoms. The van der Waals surface area contributed by atoms with Gasteiger partial charge in [-0.15, -0.1) is 6.58 Å². The van der Waals surface area contributed by atoms with Crippen molar-refractivity contribution in [2.75, 3.05) is 0 Å². The molecule has 3 rings (SSSR count). The third kappa shape index (κ3) is 3.98. The SMILES string of the molecule is C=CC1CCC(C(=O)Oc2ccc3c(F)c(C=C(F)F)ccc3c2)CC1. The first-order valence-electron chi connectivity index (χ1n) is 8.57. The Labute approximate surface area is 150 Å². The number of esters is 1. The van der Waals surface area contributed by atoms with E-state index in [-0.39, 0.29) is 22.8 Å². The number of allylic oxidation sites excluding steroid dienone is 1. The zero-order chi connectivity index (χ0) is 18.7. The van der Waals surface area contributed by atoms with Crippen LogP contribution in [0.25, 0.3) is 16.8 Å². The van der Waals surface area contributed by atoms with Crippen molar-refractivity contribution in [3.05, 3.63) is 60.4 Å². The van der Waals surface area contributed by atoms with Crippen LogP contribution in [0, 0.1) is 17.7 Å². The summed E-state index contributed by atoms with van der Waals surface area (Å²) in [6, 6.07) is 7.27. The summed E-state index contributed by atoms with van der Waals surface area (Å²) in [5, 5.41) is 0.686. The number of fused-ring (bicyclic) bond motifs is 1. The Bertz CT molecular complexity index is 861. The molecule has 1 aliphatic rings. The average Bonchev–Trinajstić information content (AvgIpc) is 2.64. The van der Waals surface area contributed by atoms with Crippen molar-refractivity contribution in [1.82, 2.24) is 0 Å². The van der Waals surface area contributed by atoms with E-state index in [2.05, 4.69) is 6.58 Å². The highest BCUT2D eigenvalue weighted by molar-refractivity contribution is 5.87. The lowest BCUT2D eigenvalue weighted by Gasteiger charge is -2.25. The summed E-state index contributed by atoms with van der Waals surface area (Å²) in [7, 11) is 0. The van der Waals surface area contributed by atoms with E-state index in [0.29, 0.717) is 23.1 Å². The zero-order valence-electron chi connectivity index (χ0n) is 14.2. The summed E-state index contributed by atoms with van der Waals surface area (Å²) >= 11 is 0. The van der Waals surface area contributed by atoms with E-state index in [1.54, 1.807) is 6.07 Å². The Morgan fingerprint density at radius 1 is 1.12 bits per heavy atom. The first kappa shape index (κ1) is 18.2. The topological polar surface area (TPSA) is 26.3 Å². The van der Waals surface area contributed by atoms with Crippen LogP contribution in [-0.2, 0) is 4.79 Å². The molecule has 0 amide bonds. The largest absolute Gasteiger partial charge is 0.426 e. The van der Waals surface area contributed by atoms with E-state index in [9.17, 15) is 18.0 Å². The minimum absolute atomic E-state index is 0.140. The Hall–Kier alpha value is -2.56. The normalized spacial score (nSPS) is 19.8. The number of halogens is 3. The molecular weight excluding hydrogens is 341 g/mol. The molecule has 2 nitrogen and oxygen atoms in total. The predicted octanol–water partition coefficient (Wildman–Crippen LogP) is 6.11. The molecule has 0 bridgehead atoms. The van der Waals surface area contributed by atoms with Crippen LogP contribution in [0.15, 0.2) is 49.1 Å². The van der Waals surface area contributed by atoms with Gasteiger partial charge in [-0.3, -0.25) is 4.79 Å². The Morgan fingerprint density at radius 3 is 2.50 bits per heavy atom. The van der Waals surface area contributed by atoms with Crippen LogP contribution in [0.4, 0.5) is 13.2 Å². The maximum absolute atomic E-state index is 14.3. The van der Waals surface area contributed by atoms with Crippen LogP contribution in [-0.4, -0.2) is 5.97 Å². The third-order valence-corrected chi connectivity index (χ3v) is 4.88. The van der Waals surface area contributed by atoms with E-state index < -0.39 is 11.9 Å². The van der Waals surface area contributed by atoms with Gasteiger partial charge in [0.1, 0.15) is 11.6 Å². The van der Waals surface area contributed by atoms with Crippen LogP contribution >= 0.6 is 0 Å². The van der Waals surface area contributed by atoms with Crippen molar-refractivity contribution in [1.29, 1.82) is 0 Å². The molecule has 0 atom stereocenters. The molecule has 1 saturated carbocycles. The number of ether oxygens (including phenoxy) is 1. The van der Waals surface area contributed by atoms with Crippen molar-refractivity contribution >= 4 is 22.8 Å². The summed E-state index contributed by atoms with van der Waals surface area (Å²) in [6.45, 7) is 3.79. The highest BCUT2D eigenvalue weighted by Crippen LogP contribution is 2.31. The average molecular weight is 360 g/mol. The summed E-state index contributed by atoms with van der Waals surface area (Å²) in [4.78, 5) is 12.3. The summed E-state index contributed by atoms with van der Waals surface area (Å²) < 4.78 is 44.5. The number of carbonyl (C=O) groups excluding carboxylic acids is 1. The smallest absolute Gasteiger partial charge is 0.314 e. The van der Waals surface area contributed by atoms with Crippen molar-refractivity contribution in [3.8, 4) is 5.75 Å². The first-order chi connectivity index (χ1) is 12.5. The quantitative estimate of drug-likeness (QED) is 0.373. The van der Waals surface area contributed by atoms with E-state index in [4.69, 9.17) is 4.74 Å². The lowest BCUT2D eigenvalue weighted by molar-refractivity contribution is -0.140. The molecular formula is C21H19F3O2. The maximum atomic E-state index is 14.3. The van der Waals surface area contributed by atoms with Gasteiger partial charge in [0.2, 0.25) is 0 Å². The summed E-state index contributed by atoms with van der Waals surface area (Å²) in [5.41, 5.74) is -0.179.